The van der Waals surface area contributed by atoms with E-state index < -0.39 is 0 Å². The van der Waals surface area contributed by atoms with Crippen LogP contribution in [0.4, 0.5) is 0 Å². The standard InChI is InChI=1S/C15H29NO2/c1-5-16-12(9-17)10-18-13-8-11-6-7-15(13,4)14(11,2)3/h11-13,16-17H,5-10H2,1-4H3. The van der Waals surface area contributed by atoms with Crippen molar-refractivity contribution in [1.82, 2.24) is 5.32 Å². The molecule has 2 fully saturated rings. The van der Waals surface area contributed by atoms with Gasteiger partial charge in [0.1, 0.15) is 0 Å². The summed E-state index contributed by atoms with van der Waals surface area (Å²) in [6.07, 6.45) is 4.23. The molecular weight excluding hydrogens is 226 g/mol. The number of ether oxygens (including phenoxy) is 1. The van der Waals surface area contributed by atoms with Crippen LogP contribution in [-0.4, -0.2) is 37.0 Å². The van der Waals surface area contributed by atoms with Gasteiger partial charge in [0.2, 0.25) is 0 Å². The third-order valence-electron chi connectivity index (χ3n) is 5.93. The van der Waals surface area contributed by atoms with Crippen LogP contribution in [0, 0.1) is 16.7 Å². The topological polar surface area (TPSA) is 41.5 Å². The number of aliphatic hydroxyl groups excluding tert-OH is 1. The van der Waals surface area contributed by atoms with Gasteiger partial charge < -0.3 is 15.2 Å². The smallest absolute Gasteiger partial charge is 0.0646 e. The minimum absolute atomic E-state index is 0.0841. The van der Waals surface area contributed by atoms with E-state index in [1.807, 2.05) is 0 Å². The Morgan fingerprint density at radius 1 is 1.39 bits per heavy atom. The van der Waals surface area contributed by atoms with Gasteiger partial charge in [0.05, 0.1) is 25.4 Å². The highest BCUT2D eigenvalue weighted by Gasteiger charge is 2.61. The number of hydrogen-bond donors (Lipinski definition) is 2. The maximum Gasteiger partial charge on any atom is 0.0646 e. The molecule has 0 radical (unpaired) electrons. The lowest BCUT2D eigenvalue weighted by Gasteiger charge is -2.39. The van der Waals surface area contributed by atoms with Crippen molar-refractivity contribution < 1.29 is 9.84 Å². The third kappa shape index (κ3) is 2.10. The minimum Gasteiger partial charge on any atom is -0.395 e. The SMILES string of the molecule is CCNC(CO)COC1CC2CCC1(C)C2(C)C. The fourth-order valence-corrected chi connectivity index (χ4v) is 4.08. The summed E-state index contributed by atoms with van der Waals surface area (Å²) in [5, 5.41) is 12.5. The molecule has 0 saturated heterocycles. The van der Waals surface area contributed by atoms with Crippen LogP contribution in [0.1, 0.15) is 47.0 Å². The predicted octanol–water partition coefficient (Wildman–Crippen LogP) is 2.19. The molecule has 4 atom stereocenters. The van der Waals surface area contributed by atoms with Gasteiger partial charge in [-0.3, -0.25) is 0 Å². The Morgan fingerprint density at radius 2 is 2.11 bits per heavy atom. The highest BCUT2D eigenvalue weighted by molar-refractivity contribution is 5.11. The lowest BCUT2D eigenvalue weighted by Crippen LogP contribution is -2.42. The molecule has 2 aliphatic carbocycles. The Labute approximate surface area is 111 Å². The summed E-state index contributed by atoms with van der Waals surface area (Å²) in [6.45, 7) is 10.9. The van der Waals surface area contributed by atoms with Gasteiger partial charge in [-0.05, 0) is 42.6 Å². The summed E-state index contributed by atoms with van der Waals surface area (Å²) in [5.41, 5.74) is 0.731. The Bertz CT molecular complexity index is 292. The maximum atomic E-state index is 9.29. The van der Waals surface area contributed by atoms with Crippen LogP contribution in [0.25, 0.3) is 0 Å². The fourth-order valence-electron chi connectivity index (χ4n) is 4.08. The molecule has 0 aromatic heterocycles. The summed E-state index contributed by atoms with van der Waals surface area (Å²) >= 11 is 0. The third-order valence-corrected chi connectivity index (χ3v) is 5.93. The molecule has 2 rings (SSSR count). The van der Waals surface area contributed by atoms with Gasteiger partial charge >= 0.3 is 0 Å². The fraction of sp³-hybridized carbons (Fsp3) is 1.00. The highest BCUT2D eigenvalue weighted by atomic mass is 16.5. The Kier molecular flexibility index (Phi) is 4.05. The lowest BCUT2D eigenvalue weighted by atomic mass is 9.70. The second-order valence-corrected chi connectivity index (χ2v) is 6.87. The van der Waals surface area contributed by atoms with Crippen LogP contribution in [0.2, 0.25) is 0 Å². The van der Waals surface area contributed by atoms with Crippen LogP contribution in [0.3, 0.4) is 0 Å². The molecule has 2 aliphatic rings. The molecule has 2 saturated carbocycles. The molecule has 3 nitrogen and oxygen atoms in total. The average Bonchev–Trinajstić information content (AvgIpc) is 2.67. The number of nitrogens with one attached hydrogen (secondary N) is 1. The Morgan fingerprint density at radius 3 is 2.56 bits per heavy atom. The van der Waals surface area contributed by atoms with E-state index in [2.05, 4.69) is 33.0 Å². The Hall–Kier alpha value is -0.120. The summed E-state index contributed by atoms with van der Waals surface area (Å²) in [4.78, 5) is 0. The van der Waals surface area contributed by atoms with Crippen LogP contribution >= 0.6 is 0 Å². The molecule has 4 unspecified atom stereocenters. The molecule has 2 N–H and O–H groups in total. The molecule has 3 heteroatoms. The van der Waals surface area contributed by atoms with E-state index in [0.29, 0.717) is 23.5 Å². The number of hydrogen-bond acceptors (Lipinski definition) is 3. The highest BCUT2D eigenvalue weighted by Crippen LogP contribution is 2.66. The van der Waals surface area contributed by atoms with Crippen molar-refractivity contribution in [2.24, 2.45) is 16.7 Å². The first-order chi connectivity index (χ1) is 8.45. The van der Waals surface area contributed by atoms with Crippen molar-refractivity contribution >= 4 is 0 Å². The van der Waals surface area contributed by atoms with Crippen LogP contribution in [0.5, 0.6) is 0 Å². The van der Waals surface area contributed by atoms with Crippen molar-refractivity contribution in [3.05, 3.63) is 0 Å². The summed E-state index contributed by atoms with van der Waals surface area (Å²) < 4.78 is 6.16. The summed E-state index contributed by atoms with van der Waals surface area (Å²) in [6, 6.07) is 0.0841. The molecular formula is C15H29NO2. The second kappa shape index (κ2) is 5.10. The van der Waals surface area contributed by atoms with Gasteiger partial charge in [-0.15, -0.1) is 0 Å². The minimum atomic E-state index is 0.0841. The van der Waals surface area contributed by atoms with Crippen molar-refractivity contribution in [3.63, 3.8) is 0 Å². The predicted molar refractivity (Wildman–Crippen MR) is 73.5 cm³/mol. The lowest BCUT2D eigenvalue weighted by molar-refractivity contribution is -0.0570. The van der Waals surface area contributed by atoms with Gasteiger partial charge in [0.15, 0.2) is 0 Å². The molecule has 0 aromatic carbocycles. The van der Waals surface area contributed by atoms with Gasteiger partial charge in [0.25, 0.3) is 0 Å². The zero-order chi connectivity index (χ0) is 13.4. The van der Waals surface area contributed by atoms with Crippen LogP contribution in [0.15, 0.2) is 0 Å². The largest absolute Gasteiger partial charge is 0.395 e. The average molecular weight is 255 g/mol. The second-order valence-electron chi connectivity index (χ2n) is 6.87. The first kappa shape index (κ1) is 14.3. The van der Waals surface area contributed by atoms with E-state index >= 15 is 0 Å². The molecule has 2 bridgehead atoms. The molecule has 0 spiro atoms. The number of likely N-dealkylation sites (N-methyl/N-ethyl adjacent to an activating group) is 1. The van der Waals surface area contributed by atoms with Crippen molar-refractivity contribution in [2.45, 2.75) is 59.1 Å². The van der Waals surface area contributed by atoms with E-state index in [0.717, 1.165) is 12.5 Å². The van der Waals surface area contributed by atoms with Crippen molar-refractivity contribution in [3.8, 4) is 0 Å². The van der Waals surface area contributed by atoms with Gasteiger partial charge in [-0.2, -0.15) is 0 Å². The van der Waals surface area contributed by atoms with E-state index in [9.17, 15) is 5.11 Å². The van der Waals surface area contributed by atoms with E-state index in [-0.39, 0.29) is 12.6 Å². The van der Waals surface area contributed by atoms with Crippen LogP contribution < -0.4 is 5.32 Å². The summed E-state index contributed by atoms with van der Waals surface area (Å²) in [5.74, 6) is 0.819. The van der Waals surface area contributed by atoms with E-state index in [1.165, 1.54) is 19.3 Å². The maximum absolute atomic E-state index is 9.29. The number of fused-ring (bicyclic) bond motifs is 2. The number of rotatable bonds is 6. The Balaban J connectivity index is 1.92. The van der Waals surface area contributed by atoms with Gasteiger partial charge in [0, 0.05) is 0 Å². The first-order valence-corrected chi connectivity index (χ1v) is 7.41. The molecule has 0 amide bonds. The monoisotopic (exact) mass is 255 g/mol. The van der Waals surface area contributed by atoms with Gasteiger partial charge in [-0.1, -0.05) is 27.7 Å². The quantitative estimate of drug-likeness (QED) is 0.764. The normalized spacial score (nSPS) is 39.2. The zero-order valence-corrected chi connectivity index (χ0v) is 12.3. The number of aliphatic hydroxyl groups is 1. The molecule has 0 aliphatic heterocycles. The van der Waals surface area contributed by atoms with Crippen molar-refractivity contribution in [1.29, 1.82) is 0 Å². The van der Waals surface area contributed by atoms with Gasteiger partial charge in [-0.25, -0.2) is 0 Å². The van der Waals surface area contributed by atoms with Crippen LogP contribution in [-0.2, 0) is 4.74 Å². The van der Waals surface area contributed by atoms with E-state index in [1.54, 1.807) is 0 Å². The zero-order valence-electron chi connectivity index (χ0n) is 12.3. The molecule has 0 aromatic rings. The summed E-state index contributed by atoms with van der Waals surface area (Å²) in [7, 11) is 0. The molecule has 18 heavy (non-hydrogen) atoms. The molecule has 106 valence electrons. The first-order valence-electron chi connectivity index (χ1n) is 7.41. The molecule has 0 heterocycles. The van der Waals surface area contributed by atoms with E-state index in [4.69, 9.17) is 4.74 Å². The van der Waals surface area contributed by atoms with Crippen molar-refractivity contribution in [2.75, 3.05) is 19.8 Å².